The summed E-state index contributed by atoms with van der Waals surface area (Å²) in [7, 11) is 1.21. The van der Waals surface area contributed by atoms with Gasteiger partial charge in [-0.1, -0.05) is 0 Å². The molecular weight excluding hydrogens is 228 g/mol. The van der Waals surface area contributed by atoms with Crippen LogP contribution in [0.3, 0.4) is 0 Å². The molecule has 1 rings (SSSR count). The van der Waals surface area contributed by atoms with Crippen molar-refractivity contribution in [2.75, 3.05) is 7.11 Å². The zero-order chi connectivity index (χ0) is 11.5. The number of hydrogen-bond acceptors (Lipinski definition) is 3. The Morgan fingerprint density at radius 1 is 1.27 bits per heavy atom. The summed E-state index contributed by atoms with van der Waals surface area (Å²) >= 11 is -0.223. The van der Waals surface area contributed by atoms with Gasteiger partial charge in [-0.2, -0.15) is 13.2 Å². The Balaban J connectivity index is 2.77. The molecule has 0 fully saturated rings. The quantitative estimate of drug-likeness (QED) is 0.582. The Morgan fingerprint density at radius 3 is 2.20 bits per heavy atom. The fourth-order valence-electron chi connectivity index (χ4n) is 0.911. The van der Waals surface area contributed by atoms with Crippen LogP contribution >= 0.6 is 11.8 Å². The van der Waals surface area contributed by atoms with Crippen molar-refractivity contribution in [2.45, 2.75) is 10.4 Å². The summed E-state index contributed by atoms with van der Waals surface area (Å²) in [4.78, 5) is 11.0. The Morgan fingerprint density at radius 2 is 1.80 bits per heavy atom. The normalized spacial score (nSPS) is 11.2. The molecule has 0 atom stereocenters. The van der Waals surface area contributed by atoms with E-state index in [9.17, 15) is 18.0 Å². The van der Waals surface area contributed by atoms with Crippen LogP contribution in [0.2, 0.25) is 0 Å². The molecular formula is C9H7F3O2S. The molecule has 1 aromatic carbocycles. The minimum absolute atomic E-state index is 0.0372. The lowest BCUT2D eigenvalue weighted by Gasteiger charge is -2.05. The topological polar surface area (TPSA) is 26.3 Å². The first kappa shape index (κ1) is 11.9. The van der Waals surface area contributed by atoms with Gasteiger partial charge in [-0.25, -0.2) is 4.79 Å². The average molecular weight is 235 g/mol. The molecule has 0 unspecified atom stereocenters. The van der Waals surface area contributed by atoms with Gasteiger partial charge < -0.3 is 4.74 Å². The summed E-state index contributed by atoms with van der Waals surface area (Å²) in [5.74, 6) is -0.571. The number of esters is 1. The van der Waals surface area contributed by atoms with Crippen molar-refractivity contribution in [1.29, 1.82) is 0 Å². The van der Waals surface area contributed by atoms with Crippen LogP contribution in [0.1, 0.15) is 10.4 Å². The van der Waals surface area contributed by atoms with Gasteiger partial charge in [0.05, 0.1) is 12.7 Å². The summed E-state index contributed by atoms with van der Waals surface area (Å²) in [5.41, 5.74) is -4.09. The second-order valence-corrected chi connectivity index (χ2v) is 3.70. The maximum Gasteiger partial charge on any atom is 0.446 e. The van der Waals surface area contributed by atoms with Crippen molar-refractivity contribution in [3.05, 3.63) is 29.8 Å². The Hall–Kier alpha value is -1.17. The van der Waals surface area contributed by atoms with E-state index < -0.39 is 11.5 Å². The van der Waals surface area contributed by atoms with E-state index in [1.165, 1.54) is 31.4 Å². The standard InChI is InChI=1S/C9H7F3O2S/c1-14-8(13)6-2-4-7(5-3-6)15-9(10,11)12/h2-5H,1H3/i10-1. The second kappa shape index (κ2) is 4.57. The SMILES string of the molecule is COC(=O)c1ccc(SC(F)(F)[18F])cc1. The van der Waals surface area contributed by atoms with Crippen molar-refractivity contribution < 1.29 is 22.7 Å². The second-order valence-electron chi connectivity index (χ2n) is 2.56. The fraction of sp³-hybridized carbons (Fsp3) is 0.222. The van der Waals surface area contributed by atoms with Crippen LogP contribution in [0, 0.1) is 0 Å². The van der Waals surface area contributed by atoms with Crippen LogP contribution in [0.5, 0.6) is 0 Å². The molecule has 0 aliphatic rings. The monoisotopic (exact) mass is 235 g/mol. The molecule has 0 radical (unpaired) electrons. The molecule has 0 aliphatic carbocycles. The molecule has 0 spiro atoms. The van der Waals surface area contributed by atoms with Crippen LogP contribution in [-0.4, -0.2) is 18.6 Å². The zero-order valence-corrected chi connectivity index (χ0v) is 8.48. The van der Waals surface area contributed by atoms with E-state index >= 15 is 0 Å². The van der Waals surface area contributed by atoms with Gasteiger partial charge in [0.15, 0.2) is 0 Å². The molecule has 2 nitrogen and oxygen atoms in total. The van der Waals surface area contributed by atoms with Crippen molar-refractivity contribution >= 4 is 17.7 Å². The van der Waals surface area contributed by atoms with Crippen molar-refractivity contribution in [2.24, 2.45) is 0 Å². The Bertz CT molecular complexity index is 345. The predicted molar refractivity (Wildman–Crippen MR) is 49.7 cm³/mol. The number of thioether (sulfide) groups is 1. The summed E-state index contributed by atoms with van der Waals surface area (Å²) in [5, 5.41) is 0. The lowest BCUT2D eigenvalue weighted by atomic mass is 10.2. The van der Waals surface area contributed by atoms with E-state index in [1.54, 1.807) is 0 Å². The van der Waals surface area contributed by atoms with Crippen LogP contribution < -0.4 is 0 Å². The van der Waals surface area contributed by atoms with E-state index in [0.717, 1.165) is 0 Å². The highest BCUT2D eigenvalue weighted by molar-refractivity contribution is 8.00. The van der Waals surface area contributed by atoms with E-state index in [1.807, 2.05) is 0 Å². The largest absolute Gasteiger partial charge is 0.465 e. The van der Waals surface area contributed by atoms with Crippen LogP contribution in [0.4, 0.5) is 13.2 Å². The predicted octanol–water partition coefficient (Wildman–Crippen LogP) is 3.09. The number of carbonyl (C=O) groups is 1. The summed E-state index contributed by atoms with van der Waals surface area (Å²) in [6.07, 6.45) is 0. The van der Waals surface area contributed by atoms with Crippen LogP contribution in [-0.2, 0) is 4.74 Å². The third-order valence-electron chi connectivity index (χ3n) is 1.51. The Labute approximate surface area is 88.4 Å². The number of rotatable bonds is 2. The molecule has 0 aliphatic heterocycles. The minimum Gasteiger partial charge on any atom is -0.465 e. The first-order valence-electron chi connectivity index (χ1n) is 3.86. The van der Waals surface area contributed by atoms with E-state index in [-0.39, 0.29) is 22.2 Å². The number of carbonyl (C=O) groups excluding carboxylic acids is 1. The van der Waals surface area contributed by atoms with E-state index in [2.05, 4.69) is 4.74 Å². The zero-order valence-electron chi connectivity index (χ0n) is 7.67. The van der Waals surface area contributed by atoms with Gasteiger partial charge in [-0.3, -0.25) is 0 Å². The van der Waals surface area contributed by atoms with Crippen LogP contribution in [0.25, 0.3) is 0 Å². The summed E-state index contributed by atoms with van der Waals surface area (Å²) < 4.78 is 40.2. The third kappa shape index (κ3) is 3.83. The molecule has 0 aromatic heterocycles. The lowest BCUT2D eigenvalue weighted by molar-refractivity contribution is -0.0328. The number of methoxy groups -OCH3 is 1. The molecule has 6 heteroatoms. The third-order valence-corrected chi connectivity index (χ3v) is 2.25. The molecule has 1 aromatic rings. The molecule has 0 amide bonds. The maximum atomic E-state index is 11.9. The van der Waals surface area contributed by atoms with E-state index in [0.29, 0.717) is 0 Å². The fourth-order valence-corrected chi connectivity index (χ4v) is 1.45. The van der Waals surface area contributed by atoms with Gasteiger partial charge in [0, 0.05) is 4.90 Å². The van der Waals surface area contributed by atoms with Gasteiger partial charge in [0.25, 0.3) is 0 Å². The van der Waals surface area contributed by atoms with Crippen molar-refractivity contribution in [3.63, 3.8) is 0 Å². The maximum absolute atomic E-state index is 11.9. The Kier molecular flexibility index (Phi) is 3.62. The molecule has 0 bridgehead atoms. The molecule has 0 N–H and O–H groups in total. The van der Waals surface area contributed by atoms with E-state index in [4.69, 9.17) is 0 Å². The number of benzene rings is 1. The van der Waals surface area contributed by atoms with Gasteiger partial charge >= 0.3 is 11.5 Å². The first-order valence-corrected chi connectivity index (χ1v) is 4.68. The number of hydrogen-bond donors (Lipinski definition) is 0. The molecule has 82 valence electrons. The molecule has 0 heterocycles. The van der Waals surface area contributed by atoms with Gasteiger partial charge in [0.1, 0.15) is 0 Å². The summed E-state index contributed by atoms with van der Waals surface area (Å²) in [6.45, 7) is 0. The number of alkyl halides is 3. The lowest BCUT2D eigenvalue weighted by Crippen LogP contribution is -2.02. The van der Waals surface area contributed by atoms with Gasteiger partial charge in [0.2, 0.25) is 0 Å². The number of ether oxygens (including phenoxy) is 1. The number of halogens is 3. The highest BCUT2D eigenvalue weighted by Gasteiger charge is 2.29. The van der Waals surface area contributed by atoms with Crippen molar-refractivity contribution in [3.8, 4) is 0 Å². The minimum atomic E-state index is -4.31. The van der Waals surface area contributed by atoms with Gasteiger partial charge in [-0.15, -0.1) is 0 Å². The highest BCUT2D eigenvalue weighted by Crippen LogP contribution is 2.36. The van der Waals surface area contributed by atoms with Gasteiger partial charge in [-0.05, 0) is 36.0 Å². The molecule has 15 heavy (non-hydrogen) atoms. The smallest absolute Gasteiger partial charge is 0.446 e. The first-order chi connectivity index (χ1) is 6.92. The average Bonchev–Trinajstić information content (AvgIpc) is 2.15. The van der Waals surface area contributed by atoms with Crippen LogP contribution in [0.15, 0.2) is 29.2 Å². The molecule has 0 saturated carbocycles. The van der Waals surface area contributed by atoms with Crippen molar-refractivity contribution in [1.82, 2.24) is 0 Å². The molecule has 0 saturated heterocycles. The summed E-state index contributed by atoms with van der Waals surface area (Å²) in [6, 6.07) is 5.04. The highest BCUT2D eigenvalue weighted by atomic mass is 32.2.